The van der Waals surface area contributed by atoms with Crippen molar-refractivity contribution in [1.29, 1.82) is 0 Å². The molecule has 2 amide bonds. The summed E-state index contributed by atoms with van der Waals surface area (Å²) in [7, 11) is 0. The predicted molar refractivity (Wildman–Crippen MR) is 186 cm³/mol. The molecular weight excluding hydrogens is 578 g/mol. The van der Waals surface area contributed by atoms with Crippen LogP contribution in [-0.4, -0.2) is 17.6 Å². The number of rotatable bonds is 5. The molecule has 2 bridgehead atoms. The van der Waals surface area contributed by atoms with Crippen molar-refractivity contribution in [2.75, 3.05) is 4.90 Å². The molecule has 4 nitrogen and oxygen atoms in total. The van der Waals surface area contributed by atoms with Gasteiger partial charge in [-0.1, -0.05) is 138 Å². The van der Waals surface area contributed by atoms with Gasteiger partial charge >= 0.3 is 0 Å². The third kappa shape index (κ3) is 3.73. The van der Waals surface area contributed by atoms with E-state index >= 15 is 14.4 Å². The number of amides is 2. The number of nitrogens with zero attached hydrogens (tertiary/aromatic N) is 1. The molecule has 2 fully saturated rings. The Labute approximate surface area is 275 Å². The summed E-state index contributed by atoms with van der Waals surface area (Å²) in [6, 6.07) is 41.7. The highest BCUT2D eigenvalue weighted by Gasteiger charge is 2.82. The van der Waals surface area contributed by atoms with Crippen LogP contribution in [0.2, 0.25) is 0 Å². The van der Waals surface area contributed by atoms with Crippen LogP contribution >= 0.6 is 0 Å². The number of anilines is 1. The molecule has 1 saturated heterocycles. The van der Waals surface area contributed by atoms with E-state index in [0.29, 0.717) is 5.69 Å². The van der Waals surface area contributed by atoms with E-state index in [1.165, 1.54) is 4.90 Å². The van der Waals surface area contributed by atoms with Gasteiger partial charge in [-0.05, 0) is 72.7 Å². The van der Waals surface area contributed by atoms with Crippen LogP contribution in [0.4, 0.5) is 5.69 Å². The number of carbonyl (C=O) groups excluding carboxylic acids is 3. The van der Waals surface area contributed by atoms with Crippen molar-refractivity contribution in [3.63, 3.8) is 0 Å². The normalized spacial score (nSPS) is 24.8. The Hall–Kier alpha value is -5.35. The molecular formula is C43H35NO3. The lowest BCUT2D eigenvalue weighted by Gasteiger charge is -2.39. The van der Waals surface area contributed by atoms with E-state index in [0.717, 1.165) is 55.7 Å². The zero-order valence-corrected chi connectivity index (χ0v) is 27.0. The van der Waals surface area contributed by atoms with Gasteiger partial charge in [0.1, 0.15) is 0 Å². The summed E-state index contributed by atoms with van der Waals surface area (Å²) < 4.78 is 0. The minimum absolute atomic E-state index is 0.106. The molecule has 0 radical (unpaired) electrons. The van der Waals surface area contributed by atoms with Crippen molar-refractivity contribution in [2.45, 2.75) is 38.5 Å². The van der Waals surface area contributed by atoms with Crippen LogP contribution in [0.25, 0.3) is 11.1 Å². The standard InChI is InChI=1S/C43H35NO3/c1-26-15-20-30(21-16-26)35-36(31-22-17-27(2)18-23-31)43(33-13-9-6-10-14-33)38-37(42(35,41(43)47)32-11-7-5-8-12-32)39(45)44(40(38)46)34-24-19-28(3)25-29(34)4/h5-25,37-38H,1-4H3/t37-,38-,42+,43+/m0/s1. The fraction of sp³-hybridized carbons (Fsp3) is 0.186. The molecule has 47 heavy (non-hydrogen) atoms. The first-order valence-corrected chi connectivity index (χ1v) is 16.2. The monoisotopic (exact) mass is 613 g/mol. The van der Waals surface area contributed by atoms with Crippen molar-refractivity contribution in [2.24, 2.45) is 11.8 Å². The summed E-state index contributed by atoms with van der Waals surface area (Å²) in [6.45, 7) is 8.02. The van der Waals surface area contributed by atoms with E-state index < -0.39 is 22.7 Å². The third-order valence-electron chi connectivity index (χ3n) is 10.7. The fourth-order valence-corrected chi connectivity index (χ4v) is 8.86. The Kier molecular flexibility index (Phi) is 6.39. The SMILES string of the molecule is Cc1ccc(C2=C(c3ccc(C)cc3)[C@@]3(c4ccccc4)C(=O)[C@@]2(c2ccccc2)[C@@H]2C(=O)N(c4ccc(C)cc4C)C(=O)[C@H]23)cc1. The Morgan fingerprint density at radius 1 is 0.489 bits per heavy atom. The molecule has 2 aliphatic carbocycles. The largest absolute Gasteiger partial charge is 0.297 e. The molecule has 5 aromatic rings. The summed E-state index contributed by atoms with van der Waals surface area (Å²) >= 11 is 0. The number of aryl methyl sites for hydroxylation is 4. The molecule has 5 aromatic carbocycles. The first-order valence-electron chi connectivity index (χ1n) is 16.2. The maximum atomic E-state index is 16.0. The molecule has 0 spiro atoms. The van der Waals surface area contributed by atoms with Gasteiger partial charge in [-0.2, -0.15) is 0 Å². The quantitative estimate of drug-likeness (QED) is 0.188. The molecule has 3 aliphatic rings. The van der Waals surface area contributed by atoms with Crippen LogP contribution in [0.15, 0.2) is 127 Å². The number of allylic oxidation sites excluding steroid dienone is 2. The molecule has 1 heterocycles. The molecule has 4 atom stereocenters. The van der Waals surface area contributed by atoms with E-state index in [9.17, 15) is 0 Å². The second-order valence-electron chi connectivity index (χ2n) is 13.4. The van der Waals surface area contributed by atoms with E-state index in [1.807, 2.05) is 107 Å². The molecule has 8 rings (SSSR count). The van der Waals surface area contributed by atoms with Crippen molar-refractivity contribution in [1.82, 2.24) is 0 Å². The van der Waals surface area contributed by atoms with E-state index in [2.05, 4.69) is 48.5 Å². The van der Waals surface area contributed by atoms with Crippen molar-refractivity contribution >= 4 is 34.4 Å². The number of Topliss-reactive ketones (excluding diaryl/α,β-unsaturated/α-hetero) is 1. The Bertz CT molecular complexity index is 2000. The summed E-state index contributed by atoms with van der Waals surface area (Å²) in [5, 5.41) is 0. The highest BCUT2D eigenvalue weighted by Crippen LogP contribution is 2.74. The maximum Gasteiger partial charge on any atom is 0.239 e. The molecule has 1 saturated carbocycles. The molecule has 230 valence electrons. The van der Waals surface area contributed by atoms with Crippen LogP contribution in [0, 0.1) is 39.5 Å². The lowest BCUT2D eigenvalue weighted by molar-refractivity contribution is -0.130. The molecule has 0 aromatic heterocycles. The third-order valence-corrected chi connectivity index (χ3v) is 10.7. The summed E-state index contributed by atoms with van der Waals surface area (Å²) in [5.74, 6) is -2.62. The first kappa shape index (κ1) is 29.1. The topological polar surface area (TPSA) is 54.5 Å². The number of hydrogen-bond donors (Lipinski definition) is 0. The maximum absolute atomic E-state index is 16.0. The zero-order chi connectivity index (χ0) is 32.7. The highest BCUT2D eigenvalue weighted by molar-refractivity contribution is 6.39. The predicted octanol–water partition coefficient (Wildman–Crippen LogP) is 8.11. The number of ketones is 1. The van der Waals surface area contributed by atoms with Crippen LogP contribution < -0.4 is 4.90 Å². The van der Waals surface area contributed by atoms with Crippen molar-refractivity contribution in [3.05, 3.63) is 172 Å². The second-order valence-corrected chi connectivity index (χ2v) is 13.4. The number of hydrogen-bond acceptors (Lipinski definition) is 3. The minimum atomic E-state index is -1.41. The molecule has 4 heteroatoms. The van der Waals surface area contributed by atoms with E-state index in [1.54, 1.807) is 0 Å². The van der Waals surface area contributed by atoms with Gasteiger partial charge in [0, 0.05) is 0 Å². The number of benzene rings is 5. The first-order chi connectivity index (χ1) is 22.7. The van der Waals surface area contributed by atoms with Crippen LogP contribution in [0.3, 0.4) is 0 Å². The van der Waals surface area contributed by atoms with Crippen molar-refractivity contribution < 1.29 is 14.4 Å². The smallest absolute Gasteiger partial charge is 0.239 e. The van der Waals surface area contributed by atoms with Crippen LogP contribution in [-0.2, 0) is 25.2 Å². The van der Waals surface area contributed by atoms with Gasteiger partial charge in [0.2, 0.25) is 11.8 Å². The van der Waals surface area contributed by atoms with Gasteiger partial charge in [-0.15, -0.1) is 0 Å². The average molecular weight is 614 g/mol. The van der Waals surface area contributed by atoms with E-state index in [-0.39, 0.29) is 17.6 Å². The van der Waals surface area contributed by atoms with Gasteiger partial charge in [0.05, 0.1) is 28.4 Å². The van der Waals surface area contributed by atoms with Crippen LogP contribution in [0.5, 0.6) is 0 Å². The second kappa shape index (κ2) is 10.3. The lowest BCUT2D eigenvalue weighted by Crippen LogP contribution is -2.45. The van der Waals surface area contributed by atoms with Crippen molar-refractivity contribution in [3.8, 4) is 0 Å². The van der Waals surface area contributed by atoms with E-state index in [4.69, 9.17) is 0 Å². The number of carbonyl (C=O) groups is 3. The highest BCUT2D eigenvalue weighted by atomic mass is 16.2. The van der Waals surface area contributed by atoms with Gasteiger partial charge in [0.25, 0.3) is 0 Å². The number of fused-ring (bicyclic) bond motifs is 5. The van der Waals surface area contributed by atoms with Gasteiger partial charge in [-0.25, -0.2) is 4.90 Å². The fourth-order valence-electron chi connectivity index (χ4n) is 8.86. The van der Waals surface area contributed by atoms with Crippen LogP contribution in [0.1, 0.15) is 44.5 Å². The Morgan fingerprint density at radius 2 is 0.894 bits per heavy atom. The minimum Gasteiger partial charge on any atom is -0.297 e. The van der Waals surface area contributed by atoms with Gasteiger partial charge in [-0.3, -0.25) is 14.4 Å². The summed E-state index contributed by atoms with van der Waals surface area (Å²) in [6.07, 6.45) is 0. The van der Waals surface area contributed by atoms with Gasteiger partial charge < -0.3 is 0 Å². The number of imide groups is 1. The summed E-state index contributed by atoms with van der Waals surface area (Å²) in [5.41, 5.74) is 6.70. The molecule has 0 N–H and O–H groups in total. The molecule has 0 unspecified atom stereocenters. The zero-order valence-electron chi connectivity index (χ0n) is 27.0. The average Bonchev–Trinajstić information content (AvgIpc) is 3.58. The molecule has 1 aliphatic heterocycles. The summed E-state index contributed by atoms with van der Waals surface area (Å²) in [4.78, 5) is 47.7. The lowest BCUT2D eigenvalue weighted by atomic mass is 9.59. The van der Waals surface area contributed by atoms with Gasteiger partial charge in [0.15, 0.2) is 5.78 Å². The Balaban J connectivity index is 1.56. The Morgan fingerprint density at radius 3 is 1.30 bits per heavy atom.